The van der Waals surface area contributed by atoms with Gasteiger partial charge in [-0.1, -0.05) is 12.1 Å². The lowest BCUT2D eigenvalue weighted by Crippen LogP contribution is -2.19. The van der Waals surface area contributed by atoms with Gasteiger partial charge in [0.15, 0.2) is 0 Å². The smallest absolute Gasteiger partial charge is 0.244 e. The van der Waals surface area contributed by atoms with E-state index in [1.165, 1.54) is 0 Å². The first-order valence-electron chi connectivity index (χ1n) is 6.50. The highest BCUT2D eigenvalue weighted by molar-refractivity contribution is 5.91. The molecular weight excluding hydrogens is 250 g/mol. The zero-order chi connectivity index (χ0) is 14.4. The minimum Gasteiger partial charge on any atom is -0.378 e. The lowest BCUT2D eigenvalue weighted by molar-refractivity contribution is -0.116. The lowest BCUT2D eigenvalue weighted by atomic mass is 10.2. The average Bonchev–Trinajstić information content (AvgIpc) is 2.96. The van der Waals surface area contributed by atoms with Gasteiger partial charge in [-0.2, -0.15) is 0 Å². The van der Waals surface area contributed by atoms with Gasteiger partial charge in [0.05, 0.1) is 0 Å². The van der Waals surface area contributed by atoms with Crippen molar-refractivity contribution in [1.29, 1.82) is 0 Å². The molecule has 4 nitrogen and oxygen atoms in total. The third kappa shape index (κ3) is 4.02. The van der Waals surface area contributed by atoms with Gasteiger partial charge >= 0.3 is 0 Å². The maximum atomic E-state index is 11.7. The monoisotopic (exact) mass is 269 g/mol. The van der Waals surface area contributed by atoms with Gasteiger partial charge in [-0.15, -0.1) is 0 Å². The van der Waals surface area contributed by atoms with E-state index < -0.39 is 0 Å². The predicted molar refractivity (Wildman–Crippen MR) is 82.4 cm³/mol. The first kappa shape index (κ1) is 13.9. The van der Waals surface area contributed by atoms with Crippen LogP contribution >= 0.6 is 0 Å². The number of H-pyrrole nitrogens is 1. The molecule has 0 aliphatic heterocycles. The maximum absolute atomic E-state index is 11.7. The normalized spacial score (nSPS) is 10.7. The Labute approximate surface area is 119 Å². The molecule has 2 aromatic rings. The molecule has 0 radical (unpaired) electrons. The van der Waals surface area contributed by atoms with E-state index in [4.69, 9.17) is 0 Å². The molecule has 0 saturated carbocycles. The predicted octanol–water partition coefficient (Wildman–Crippen LogP) is 2.41. The number of hydrogen-bond donors (Lipinski definition) is 2. The second-order valence-corrected chi connectivity index (χ2v) is 4.76. The van der Waals surface area contributed by atoms with Crippen LogP contribution in [0.1, 0.15) is 11.1 Å². The van der Waals surface area contributed by atoms with Crippen LogP contribution in [0.3, 0.4) is 0 Å². The quantitative estimate of drug-likeness (QED) is 0.819. The number of rotatable bonds is 5. The first-order chi connectivity index (χ1) is 9.65. The molecule has 0 unspecified atom stereocenters. The number of carbonyl (C=O) groups is 1. The molecule has 1 heterocycles. The fourth-order valence-electron chi connectivity index (χ4n) is 1.77. The molecule has 0 fully saturated rings. The summed E-state index contributed by atoms with van der Waals surface area (Å²) in [4.78, 5) is 16.7. The Bertz CT molecular complexity index is 568. The van der Waals surface area contributed by atoms with Crippen molar-refractivity contribution in [1.82, 2.24) is 10.3 Å². The van der Waals surface area contributed by atoms with E-state index in [2.05, 4.69) is 10.3 Å². The average molecular weight is 269 g/mol. The number of nitrogens with zero attached hydrogens (tertiary/aromatic N) is 1. The van der Waals surface area contributed by atoms with E-state index in [9.17, 15) is 4.79 Å². The fraction of sp³-hybridized carbons (Fsp3) is 0.188. The summed E-state index contributed by atoms with van der Waals surface area (Å²) < 4.78 is 0. The third-order valence-electron chi connectivity index (χ3n) is 2.97. The van der Waals surface area contributed by atoms with Crippen molar-refractivity contribution >= 4 is 17.7 Å². The van der Waals surface area contributed by atoms with Gasteiger partial charge in [-0.25, -0.2) is 0 Å². The summed E-state index contributed by atoms with van der Waals surface area (Å²) in [6, 6.07) is 9.97. The summed E-state index contributed by atoms with van der Waals surface area (Å²) in [5, 5.41) is 2.83. The minimum absolute atomic E-state index is 0.0945. The molecule has 2 N–H and O–H groups in total. The Morgan fingerprint density at radius 2 is 2.00 bits per heavy atom. The summed E-state index contributed by atoms with van der Waals surface area (Å²) in [7, 11) is 4.00. The first-order valence-corrected chi connectivity index (χ1v) is 6.50. The Hall–Kier alpha value is -2.49. The van der Waals surface area contributed by atoms with Crippen molar-refractivity contribution in [2.75, 3.05) is 19.0 Å². The second-order valence-electron chi connectivity index (χ2n) is 4.76. The number of aromatic amines is 1. The van der Waals surface area contributed by atoms with Crippen LogP contribution in [0.25, 0.3) is 6.08 Å². The van der Waals surface area contributed by atoms with Gasteiger partial charge in [-0.05, 0) is 35.4 Å². The molecule has 0 spiro atoms. The molecule has 0 saturated heterocycles. The number of carbonyl (C=O) groups excluding carboxylic acids is 1. The highest BCUT2D eigenvalue weighted by atomic mass is 16.1. The van der Waals surface area contributed by atoms with Crippen molar-refractivity contribution in [3.05, 3.63) is 59.9 Å². The highest BCUT2D eigenvalue weighted by Gasteiger charge is 1.97. The molecule has 104 valence electrons. The number of nitrogens with one attached hydrogen (secondary N) is 2. The zero-order valence-electron chi connectivity index (χ0n) is 11.8. The van der Waals surface area contributed by atoms with E-state index in [1.54, 1.807) is 6.08 Å². The molecule has 0 aliphatic rings. The Balaban J connectivity index is 1.86. The van der Waals surface area contributed by atoms with Crippen LogP contribution in [-0.2, 0) is 11.3 Å². The summed E-state index contributed by atoms with van der Waals surface area (Å²) in [6.45, 7) is 0.534. The number of amides is 1. The minimum atomic E-state index is -0.0945. The molecule has 1 aromatic heterocycles. The van der Waals surface area contributed by atoms with Crippen LogP contribution in [0.5, 0.6) is 0 Å². The zero-order valence-corrected chi connectivity index (χ0v) is 11.8. The molecular formula is C16H19N3O. The molecule has 2 rings (SSSR count). The Morgan fingerprint density at radius 1 is 1.25 bits per heavy atom. The molecule has 4 heteroatoms. The van der Waals surface area contributed by atoms with Crippen LogP contribution in [0.2, 0.25) is 0 Å². The van der Waals surface area contributed by atoms with Gasteiger partial charge in [0.25, 0.3) is 0 Å². The summed E-state index contributed by atoms with van der Waals surface area (Å²) in [6.07, 6.45) is 7.07. The van der Waals surface area contributed by atoms with Gasteiger partial charge in [0, 0.05) is 44.8 Å². The van der Waals surface area contributed by atoms with Crippen LogP contribution in [0, 0.1) is 0 Å². The number of aromatic nitrogens is 1. The fourth-order valence-corrected chi connectivity index (χ4v) is 1.77. The van der Waals surface area contributed by atoms with Crippen molar-refractivity contribution in [3.63, 3.8) is 0 Å². The SMILES string of the molecule is CN(C)c1ccc(/C=C/C(=O)NCc2cc[nH]c2)cc1. The topological polar surface area (TPSA) is 48.1 Å². The molecule has 1 aromatic carbocycles. The van der Waals surface area contributed by atoms with E-state index in [0.717, 1.165) is 16.8 Å². The van der Waals surface area contributed by atoms with Crippen molar-refractivity contribution in [3.8, 4) is 0 Å². The summed E-state index contributed by atoms with van der Waals surface area (Å²) in [5.74, 6) is -0.0945. The van der Waals surface area contributed by atoms with E-state index >= 15 is 0 Å². The third-order valence-corrected chi connectivity index (χ3v) is 2.97. The molecule has 0 bridgehead atoms. The summed E-state index contributed by atoms with van der Waals surface area (Å²) >= 11 is 0. The van der Waals surface area contributed by atoms with Crippen LogP contribution in [0.4, 0.5) is 5.69 Å². The lowest BCUT2D eigenvalue weighted by Gasteiger charge is -2.11. The largest absolute Gasteiger partial charge is 0.378 e. The van der Waals surface area contributed by atoms with Crippen LogP contribution in [-0.4, -0.2) is 25.0 Å². The van der Waals surface area contributed by atoms with Gasteiger partial charge < -0.3 is 15.2 Å². The number of anilines is 1. The van der Waals surface area contributed by atoms with E-state index in [1.807, 2.05) is 67.8 Å². The van der Waals surface area contributed by atoms with E-state index in [0.29, 0.717) is 6.54 Å². The van der Waals surface area contributed by atoms with Crippen LogP contribution < -0.4 is 10.2 Å². The molecule has 0 atom stereocenters. The molecule has 20 heavy (non-hydrogen) atoms. The Morgan fingerprint density at radius 3 is 2.60 bits per heavy atom. The van der Waals surface area contributed by atoms with Crippen molar-refractivity contribution in [2.45, 2.75) is 6.54 Å². The summed E-state index contributed by atoms with van der Waals surface area (Å²) in [5.41, 5.74) is 3.20. The molecule has 1 amide bonds. The van der Waals surface area contributed by atoms with Crippen molar-refractivity contribution in [2.24, 2.45) is 0 Å². The standard InChI is InChI=1S/C16H19N3O/c1-19(2)15-6-3-13(4-7-15)5-8-16(20)18-12-14-9-10-17-11-14/h3-11,17H,12H2,1-2H3,(H,18,20)/b8-5+. The van der Waals surface area contributed by atoms with Crippen LogP contribution in [0.15, 0.2) is 48.8 Å². The van der Waals surface area contributed by atoms with E-state index in [-0.39, 0.29) is 5.91 Å². The highest BCUT2D eigenvalue weighted by Crippen LogP contribution is 2.13. The number of benzene rings is 1. The van der Waals surface area contributed by atoms with Gasteiger partial charge in [0.2, 0.25) is 5.91 Å². The maximum Gasteiger partial charge on any atom is 0.244 e. The molecule has 0 aliphatic carbocycles. The van der Waals surface area contributed by atoms with Gasteiger partial charge in [-0.3, -0.25) is 4.79 Å². The second kappa shape index (κ2) is 6.61. The number of hydrogen-bond acceptors (Lipinski definition) is 2. The van der Waals surface area contributed by atoms with Crippen molar-refractivity contribution < 1.29 is 4.79 Å². The van der Waals surface area contributed by atoms with Gasteiger partial charge in [0.1, 0.15) is 0 Å². The Kier molecular flexibility index (Phi) is 4.60.